The van der Waals surface area contributed by atoms with Crippen molar-refractivity contribution in [2.24, 2.45) is 23.2 Å². The van der Waals surface area contributed by atoms with E-state index in [9.17, 15) is 0 Å². The van der Waals surface area contributed by atoms with Gasteiger partial charge < -0.3 is 4.42 Å². The van der Waals surface area contributed by atoms with Crippen LogP contribution in [0.3, 0.4) is 0 Å². The third-order valence-electron chi connectivity index (χ3n) is 7.22. The Bertz CT molecular complexity index is 986. The summed E-state index contributed by atoms with van der Waals surface area (Å²) in [6.07, 6.45) is 9.45. The molecular weight excluding hydrogens is 334 g/mol. The lowest BCUT2D eigenvalue weighted by molar-refractivity contribution is -0.0550. The average molecular weight is 359 g/mol. The van der Waals surface area contributed by atoms with Gasteiger partial charge in [-0.3, -0.25) is 0 Å². The van der Waals surface area contributed by atoms with Gasteiger partial charge in [0.1, 0.15) is 5.69 Å². The van der Waals surface area contributed by atoms with Crippen LogP contribution in [0.4, 0.5) is 0 Å². The molecule has 4 fully saturated rings. The van der Waals surface area contributed by atoms with E-state index >= 15 is 0 Å². The van der Waals surface area contributed by atoms with Gasteiger partial charge in [-0.1, -0.05) is 17.7 Å². The molecule has 0 N–H and O–H groups in total. The van der Waals surface area contributed by atoms with Crippen LogP contribution in [-0.4, -0.2) is 15.2 Å². The molecule has 0 atom stereocenters. The first kappa shape index (κ1) is 15.8. The van der Waals surface area contributed by atoms with E-state index in [0.29, 0.717) is 11.3 Å². The summed E-state index contributed by atoms with van der Waals surface area (Å²) in [4.78, 5) is 4.73. The molecule has 4 bridgehead atoms. The quantitative estimate of drug-likeness (QED) is 0.632. The summed E-state index contributed by atoms with van der Waals surface area (Å²) in [7, 11) is 0. The van der Waals surface area contributed by atoms with Gasteiger partial charge in [-0.25, -0.2) is 4.98 Å². The summed E-state index contributed by atoms with van der Waals surface area (Å²) in [5.41, 5.74) is 3.41. The second-order valence-electron chi connectivity index (χ2n) is 9.49. The predicted octanol–water partition coefficient (Wildman–Crippen LogP) is 5.35. The Labute approximate surface area is 159 Å². The fraction of sp³-hybridized carbons (Fsp3) is 0.522. The van der Waals surface area contributed by atoms with Gasteiger partial charge in [-0.2, -0.15) is 0 Å². The van der Waals surface area contributed by atoms with E-state index < -0.39 is 0 Å². The van der Waals surface area contributed by atoms with E-state index in [1.807, 2.05) is 6.07 Å². The maximum absolute atomic E-state index is 6.10. The summed E-state index contributed by atoms with van der Waals surface area (Å²) in [5.74, 6) is 4.20. The Hall–Kier alpha value is -2.23. The van der Waals surface area contributed by atoms with E-state index in [4.69, 9.17) is 9.40 Å². The predicted molar refractivity (Wildman–Crippen MR) is 104 cm³/mol. The van der Waals surface area contributed by atoms with E-state index in [1.165, 1.54) is 44.1 Å². The molecule has 4 saturated carbocycles. The number of rotatable bonds is 3. The van der Waals surface area contributed by atoms with Crippen LogP contribution in [0.25, 0.3) is 22.5 Å². The van der Waals surface area contributed by atoms with Gasteiger partial charge in [-0.05, 0) is 86.8 Å². The van der Waals surface area contributed by atoms with Crippen LogP contribution in [0.15, 0.2) is 34.7 Å². The van der Waals surface area contributed by atoms with Gasteiger partial charge >= 0.3 is 0 Å². The minimum absolute atomic E-state index is 0.424. The average Bonchev–Trinajstić information content (AvgIpc) is 3.08. The lowest BCUT2D eigenvalue weighted by Gasteiger charge is -2.56. The second-order valence-corrected chi connectivity index (χ2v) is 9.49. The van der Waals surface area contributed by atoms with Crippen LogP contribution in [0.5, 0.6) is 0 Å². The normalized spacial score (nSPS) is 31.7. The number of benzene rings is 1. The smallest absolute Gasteiger partial charge is 0.266 e. The van der Waals surface area contributed by atoms with Crippen molar-refractivity contribution in [3.8, 4) is 11.6 Å². The van der Waals surface area contributed by atoms with Crippen LogP contribution in [0, 0.1) is 30.1 Å². The number of pyridine rings is 1. The Morgan fingerprint density at radius 2 is 1.70 bits per heavy atom. The molecule has 4 aliphatic carbocycles. The molecule has 0 radical (unpaired) electrons. The third kappa shape index (κ3) is 2.69. The molecule has 4 nitrogen and oxygen atoms in total. The van der Waals surface area contributed by atoms with Crippen LogP contribution in [0.2, 0.25) is 0 Å². The minimum Gasteiger partial charge on any atom is -0.419 e. The second kappa shape index (κ2) is 5.63. The molecular formula is C23H25N3O. The molecule has 27 heavy (non-hydrogen) atoms. The zero-order valence-electron chi connectivity index (χ0n) is 15.8. The Morgan fingerprint density at radius 3 is 2.44 bits per heavy atom. The lowest BCUT2D eigenvalue weighted by atomic mass is 9.49. The molecule has 3 aromatic rings. The van der Waals surface area contributed by atoms with Crippen LogP contribution >= 0.6 is 0 Å². The number of nitrogens with zero attached hydrogens (tertiary/aromatic N) is 3. The molecule has 2 aromatic heterocycles. The molecule has 1 aromatic carbocycles. The summed E-state index contributed by atoms with van der Waals surface area (Å²) >= 11 is 0. The van der Waals surface area contributed by atoms with Crippen molar-refractivity contribution in [3.63, 3.8) is 0 Å². The lowest BCUT2D eigenvalue weighted by Crippen LogP contribution is -2.47. The molecule has 138 valence electrons. The van der Waals surface area contributed by atoms with Crippen molar-refractivity contribution < 1.29 is 4.42 Å². The van der Waals surface area contributed by atoms with E-state index in [2.05, 4.69) is 41.4 Å². The topological polar surface area (TPSA) is 51.8 Å². The van der Waals surface area contributed by atoms with Crippen molar-refractivity contribution in [1.82, 2.24) is 15.2 Å². The highest BCUT2D eigenvalue weighted by molar-refractivity contribution is 5.81. The Morgan fingerprint density at radius 1 is 0.963 bits per heavy atom. The zero-order valence-corrected chi connectivity index (χ0v) is 15.8. The number of aromatic nitrogens is 3. The number of fused-ring (bicyclic) bond motifs is 1. The van der Waals surface area contributed by atoms with Gasteiger partial charge in [0.2, 0.25) is 5.89 Å². The van der Waals surface area contributed by atoms with E-state index in [-0.39, 0.29) is 0 Å². The van der Waals surface area contributed by atoms with Gasteiger partial charge in [0.15, 0.2) is 0 Å². The van der Waals surface area contributed by atoms with Crippen molar-refractivity contribution in [2.45, 2.75) is 51.9 Å². The van der Waals surface area contributed by atoms with Crippen molar-refractivity contribution in [3.05, 3.63) is 41.8 Å². The van der Waals surface area contributed by atoms with Crippen LogP contribution < -0.4 is 0 Å². The Kier molecular flexibility index (Phi) is 3.30. The highest BCUT2D eigenvalue weighted by Gasteiger charge is 2.51. The number of hydrogen-bond acceptors (Lipinski definition) is 4. The first-order valence-corrected chi connectivity index (χ1v) is 10.3. The first-order valence-electron chi connectivity index (χ1n) is 10.3. The maximum Gasteiger partial charge on any atom is 0.266 e. The van der Waals surface area contributed by atoms with E-state index in [0.717, 1.165) is 46.7 Å². The van der Waals surface area contributed by atoms with E-state index in [1.54, 1.807) is 0 Å². The SMILES string of the molecule is Cc1ccc2nc(-c3nnc(CC45CC6CC(CC(C6)C4)C5)o3)ccc2c1. The third-order valence-corrected chi connectivity index (χ3v) is 7.22. The molecule has 0 amide bonds. The summed E-state index contributed by atoms with van der Waals surface area (Å²) < 4.78 is 6.10. The highest BCUT2D eigenvalue weighted by atomic mass is 16.4. The van der Waals surface area contributed by atoms with Crippen LogP contribution in [-0.2, 0) is 6.42 Å². The fourth-order valence-electron chi connectivity index (χ4n) is 6.62. The summed E-state index contributed by atoms with van der Waals surface area (Å²) in [6.45, 7) is 2.10. The molecule has 0 spiro atoms. The van der Waals surface area contributed by atoms with Crippen molar-refractivity contribution in [1.29, 1.82) is 0 Å². The molecule has 4 aliphatic rings. The van der Waals surface area contributed by atoms with Gasteiger partial charge in [-0.15, -0.1) is 10.2 Å². The van der Waals surface area contributed by atoms with Crippen molar-refractivity contribution in [2.75, 3.05) is 0 Å². The minimum atomic E-state index is 0.424. The molecule has 0 unspecified atom stereocenters. The zero-order chi connectivity index (χ0) is 18.0. The van der Waals surface area contributed by atoms with Crippen LogP contribution in [0.1, 0.15) is 50.0 Å². The van der Waals surface area contributed by atoms with Crippen molar-refractivity contribution >= 4 is 10.9 Å². The van der Waals surface area contributed by atoms with Gasteiger partial charge in [0.25, 0.3) is 5.89 Å². The van der Waals surface area contributed by atoms with Gasteiger partial charge in [0.05, 0.1) is 5.52 Å². The maximum atomic E-state index is 6.10. The molecule has 7 rings (SSSR count). The summed E-state index contributed by atoms with van der Waals surface area (Å²) in [6, 6.07) is 10.4. The fourth-order valence-corrected chi connectivity index (χ4v) is 6.62. The molecule has 0 aliphatic heterocycles. The van der Waals surface area contributed by atoms with Gasteiger partial charge in [0, 0.05) is 11.8 Å². The standard InChI is InChI=1S/C23H25N3O/c1-14-2-4-19-18(6-14)3-5-20(24-19)22-26-25-21(27-22)13-23-10-15-7-16(11-23)9-17(8-15)12-23/h2-6,15-17H,7-13H2,1H3. The summed E-state index contributed by atoms with van der Waals surface area (Å²) in [5, 5.41) is 9.88. The monoisotopic (exact) mass is 359 g/mol. The first-order chi connectivity index (χ1) is 13.1. The number of hydrogen-bond donors (Lipinski definition) is 0. The Balaban J connectivity index is 1.28. The number of aryl methyl sites for hydroxylation is 1. The molecule has 2 heterocycles. The molecule has 4 heteroatoms. The highest BCUT2D eigenvalue weighted by Crippen LogP contribution is 2.61. The largest absolute Gasteiger partial charge is 0.419 e. The molecule has 0 saturated heterocycles.